The third kappa shape index (κ3) is 13.8. The van der Waals surface area contributed by atoms with Crippen LogP contribution in [0.25, 0.3) is 0 Å². The maximum atomic E-state index is 10.6. The SMILES string of the molecule is COc1cc(C(=O)O)cc(C(=O)O)c1.COc1cc(C(=O)O)cc(C(=O)O)c1.COc1cc(C(=O)O)cc(C(=O)O)c1.[Tb].[Tb]. The molecular weight excluding hydrogens is 882 g/mol. The molecule has 0 aliphatic carbocycles. The second-order valence-electron chi connectivity index (χ2n) is 7.68. The fourth-order valence-electron chi connectivity index (χ4n) is 2.89. The quantitative estimate of drug-likeness (QED) is 0.180. The fraction of sp³-hybridized carbons (Fsp3) is 0.111. The van der Waals surface area contributed by atoms with Crippen LogP contribution >= 0.6 is 0 Å². The molecule has 240 valence electrons. The van der Waals surface area contributed by atoms with Crippen molar-refractivity contribution in [3.63, 3.8) is 0 Å². The van der Waals surface area contributed by atoms with Crippen LogP contribution in [0.4, 0.5) is 0 Å². The van der Waals surface area contributed by atoms with Gasteiger partial charge in [0.2, 0.25) is 0 Å². The molecule has 0 aliphatic rings. The van der Waals surface area contributed by atoms with E-state index in [1.54, 1.807) is 0 Å². The van der Waals surface area contributed by atoms with Crippen molar-refractivity contribution in [2.45, 2.75) is 0 Å². The molecule has 0 unspecified atom stereocenters. The van der Waals surface area contributed by atoms with Crippen LogP contribution in [-0.2, 0) is 0 Å². The molecule has 17 heteroatoms. The number of carboxylic acids is 6. The normalized spacial score (nSPS) is 9.07. The number of hydrogen-bond acceptors (Lipinski definition) is 9. The van der Waals surface area contributed by atoms with Gasteiger partial charge >= 0.3 is 35.8 Å². The minimum absolute atomic E-state index is 0. The van der Waals surface area contributed by atoms with Gasteiger partial charge in [-0.15, -0.1) is 0 Å². The topological polar surface area (TPSA) is 251 Å². The first kappa shape index (κ1) is 42.6. The number of methoxy groups -OCH3 is 3. The predicted molar refractivity (Wildman–Crippen MR) is 141 cm³/mol. The van der Waals surface area contributed by atoms with E-state index in [9.17, 15) is 28.8 Å². The molecule has 2 radical (unpaired) electrons. The Bertz CT molecular complexity index is 1240. The average molecular weight is 906 g/mol. The fourth-order valence-corrected chi connectivity index (χ4v) is 2.89. The van der Waals surface area contributed by atoms with Crippen molar-refractivity contribution in [1.82, 2.24) is 0 Å². The molecule has 3 aromatic carbocycles. The van der Waals surface area contributed by atoms with Gasteiger partial charge < -0.3 is 44.8 Å². The first-order chi connectivity index (χ1) is 19.6. The third-order valence-corrected chi connectivity index (χ3v) is 4.91. The minimum Gasteiger partial charge on any atom is -0.497 e. The Balaban J connectivity index is 0. The standard InChI is InChI=1S/3C9H8O5.2Tb/c3*1-14-7-3-5(8(10)11)2-6(4-7)9(12)13;;/h3*2-4H,1H3,(H,10,11)(H,12,13);;. The van der Waals surface area contributed by atoms with Gasteiger partial charge in [0.05, 0.1) is 54.7 Å². The van der Waals surface area contributed by atoms with Crippen molar-refractivity contribution in [1.29, 1.82) is 0 Å². The maximum absolute atomic E-state index is 10.6. The molecule has 6 N–H and O–H groups in total. The molecule has 0 spiro atoms. The summed E-state index contributed by atoms with van der Waals surface area (Å²) >= 11 is 0. The molecular formula is C27H24O15Tb2. The molecule has 0 saturated carbocycles. The number of aromatic carboxylic acids is 6. The van der Waals surface area contributed by atoms with E-state index < -0.39 is 35.8 Å². The van der Waals surface area contributed by atoms with Crippen LogP contribution in [0.2, 0.25) is 0 Å². The molecule has 44 heavy (non-hydrogen) atoms. The minimum atomic E-state index is -1.19. The maximum Gasteiger partial charge on any atom is 0.335 e. The van der Waals surface area contributed by atoms with Crippen molar-refractivity contribution >= 4 is 35.8 Å². The summed E-state index contributed by atoms with van der Waals surface area (Å²) in [6.45, 7) is 0. The van der Waals surface area contributed by atoms with Gasteiger partial charge in [-0.05, 0) is 54.6 Å². The van der Waals surface area contributed by atoms with E-state index >= 15 is 0 Å². The predicted octanol–water partition coefficient (Wildman–Crippen LogP) is 3.27. The van der Waals surface area contributed by atoms with Crippen LogP contribution in [0.3, 0.4) is 0 Å². The van der Waals surface area contributed by atoms with Gasteiger partial charge in [-0.2, -0.15) is 0 Å². The van der Waals surface area contributed by atoms with E-state index in [-0.39, 0.29) is 128 Å². The van der Waals surface area contributed by atoms with E-state index in [1.807, 2.05) is 0 Å². The molecule has 0 amide bonds. The molecule has 0 saturated heterocycles. The zero-order valence-corrected chi connectivity index (χ0v) is 27.0. The Morgan fingerprint density at radius 3 is 0.591 bits per heavy atom. The monoisotopic (exact) mass is 906 g/mol. The summed E-state index contributed by atoms with van der Waals surface area (Å²) in [5, 5.41) is 52.0. The average Bonchev–Trinajstić information content (AvgIpc) is 2.96. The number of carboxylic acid groups (broad SMARTS) is 6. The molecule has 0 bridgehead atoms. The van der Waals surface area contributed by atoms with Gasteiger partial charge in [-0.1, -0.05) is 0 Å². The molecule has 0 aliphatic heterocycles. The van der Waals surface area contributed by atoms with Crippen LogP contribution in [0, 0.1) is 77.2 Å². The van der Waals surface area contributed by atoms with Gasteiger partial charge in [0, 0.05) is 77.2 Å². The van der Waals surface area contributed by atoms with Crippen molar-refractivity contribution in [2.24, 2.45) is 0 Å². The zero-order chi connectivity index (χ0) is 32.1. The summed E-state index contributed by atoms with van der Waals surface area (Å²) in [5.41, 5.74) is -0.657. The number of rotatable bonds is 9. The summed E-state index contributed by atoms with van der Waals surface area (Å²) in [5.74, 6) is -6.50. The first-order valence-electron chi connectivity index (χ1n) is 11.1. The molecule has 0 heterocycles. The van der Waals surface area contributed by atoms with Crippen molar-refractivity contribution in [3.8, 4) is 17.2 Å². The summed E-state index contributed by atoms with van der Waals surface area (Å²) in [6.07, 6.45) is 0. The van der Waals surface area contributed by atoms with Gasteiger partial charge in [-0.3, -0.25) is 0 Å². The van der Waals surface area contributed by atoms with Gasteiger partial charge in [0.1, 0.15) is 17.2 Å². The second kappa shape index (κ2) is 20.4. The summed E-state index contributed by atoms with van der Waals surface area (Å²) in [7, 11) is 4.02. The second-order valence-corrected chi connectivity index (χ2v) is 7.68. The summed E-state index contributed by atoms with van der Waals surface area (Å²) in [6, 6.07) is 10.8. The number of ether oxygens (including phenoxy) is 3. The summed E-state index contributed by atoms with van der Waals surface area (Å²) in [4.78, 5) is 63.6. The number of hydrogen-bond donors (Lipinski definition) is 6. The zero-order valence-electron chi connectivity index (χ0n) is 22.7. The van der Waals surface area contributed by atoms with Gasteiger partial charge in [-0.25, -0.2) is 28.8 Å². The molecule has 0 atom stereocenters. The van der Waals surface area contributed by atoms with Gasteiger partial charge in [0.25, 0.3) is 0 Å². The Kier molecular flexibility index (Phi) is 19.8. The van der Waals surface area contributed by atoms with Crippen molar-refractivity contribution < 1.29 is 151 Å². The van der Waals surface area contributed by atoms with Crippen molar-refractivity contribution in [3.05, 3.63) is 88.0 Å². The van der Waals surface area contributed by atoms with E-state index in [4.69, 9.17) is 44.8 Å². The van der Waals surface area contributed by atoms with Crippen LogP contribution in [0.5, 0.6) is 17.2 Å². The van der Waals surface area contributed by atoms with E-state index in [2.05, 4.69) is 0 Å². The Morgan fingerprint density at radius 1 is 0.364 bits per heavy atom. The van der Waals surface area contributed by atoms with Crippen LogP contribution in [0.1, 0.15) is 62.1 Å². The molecule has 0 aromatic heterocycles. The van der Waals surface area contributed by atoms with E-state index in [0.29, 0.717) is 0 Å². The molecule has 3 rings (SSSR count). The smallest absolute Gasteiger partial charge is 0.335 e. The Morgan fingerprint density at radius 2 is 0.500 bits per heavy atom. The van der Waals surface area contributed by atoms with Crippen LogP contribution in [0.15, 0.2) is 54.6 Å². The van der Waals surface area contributed by atoms with Crippen molar-refractivity contribution in [2.75, 3.05) is 21.3 Å². The van der Waals surface area contributed by atoms with E-state index in [0.717, 1.165) is 18.2 Å². The van der Waals surface area contributed by atoms with Gasteiger partial charge in [0.15, 0.2) is 0 Å². The van der Waals surface area contributed by atoms with Crippen LogP contribution in [-0.4, -0.2) is 87.8 Å². The number of benzene rings is 3. The van der Waals surface area contributed by atoms with E-state index in [1.165, 1.54) is 57.7 Å². The Labute approximate surface area is 310 Å². The number of carbonyl (C=O) groups is 6. The van der Waals surface area contributed by atoms with Crippen LogP contribution < -0.4 is 14.2 Å². The summed E-state index contributed by atoms with van der Waals surface area (Å²) < 4.78 is 14.3. The Hall–Kier alpha value is -3.55. The first-order valence-corrected chi connectivity index (χ1v) is 11.1. The largest absolute Gasteiger partial charge is 0.497 e. The molecule has 3 aromatic rings. The molecule has 0 fully saturated rings. The molecule has 15 nitrogen and oxygen atoms in total. The third-order valence-electron chi connectivity index (χ3n) is 4.91.